The van der Waals surface area contributed by atoms with E-state index in [9.17, 15) is 9.59 Å². The van der Waals surface area contributed by atoms with Crippen LogP contribution < -0.4 is 10.1 Å². The summed E-state index contributed by atoms with van der Waals surface area (Å²) in [5.74, 6) is 0.0616. The number of carbonyl (C=O) groups is 2. The smallest absolute Gasteiger partial charge is 0.244 e. The minimum absolute atomic E-state index is 0.103. The summed E-state index contributed by atoms with van der Waals surface area (Å²) in [6, 6.07) is 4.90. The van der Waals surface area contributed by atoms with E-state index in [2.05, 4.69) is 22.1 Å². The van der Waals surface area contributed by atoms with E-state index in [0.29, 0.717) is 28.2 Å². The Labute approximate surface area is 166 Å². The predicted octanol–water partition coefficient (Wildman–Crippen LogP) is 2.32. The van der Waals surface area contributed by atoms with Crippen molar-refractivity contribution in [2.45, 2.75) is 11.7 Å². The predicted molar refractivity (Wildman–Crippen MR) is 105 cm³/mol. The van der Waals surface area contributed by atoms with E-state index in [1.165, 1.54) is 23.8 Å². The van der Waals surface area contributed by atoms with Gasteiger partial charge in [-0.1, -0.05) is 29.4 Å². The lowest BCUT2D eigenvalue weighted by atomic mass is 10.3. The molecule has 0 aliphatic rings. The number of amides is 2. The highest BCUT2D eigenvalue weighted by Gasteiger charge is 2.16. The second-order valence-corrected chi connectivity index (χ2v) is 6.86. The fraction of sp³-hybridized carbons (Fsp3) is 0.294. The van der Waals surface area contributed by atoms with Gasteiger partial charge < -0.3 is 19.5 Å². The van der Waals surface area contributed by atoms with Gasteiger partial charge in [0.25, 0.3) is 0 Å². The normalized spacial score (nSPS) is 10.3. The summed E-state index contributed by atoms with van der Waals surface area (Å²) in [6.45, 7) is 4.12. The summed E-state index contributed by atoms with van der Waals surface area (Å²) in [7, 11) is 3.06. The van der Waals surface area contributed by atoms with Crippen LogP contribution in [0.15, 0.2) is 42.3 Å². The van der Waals surface area contributed by atoms with Crippen molar-refractivity contribution in [3.05, 3.63) is 42.2 Å². The van der Waals surface area contributed by atoms with Gasteiger partial charge in [-0.05, 0) is 18.2 Å². The molecule has 0 aliphatic carbocycles. The van der Waals surface area contributed by atoms with Crippen LogP contribution in [0, 0.1) is 0 Å². The number of ether oxygens (including phenoxy) is 1. The summed E-state index contributed by atoms with van der Waals surface area (Å²) >= 11 is 7.20. The van der Waals surface area contributed by atoms with Crippen molar-refractivity contribution in [3.8, 4) is 5.75 Å². The molecule has 0 bridgehead atoms. The van der Waals surface area contributed by atoms with E-state index >= 15 is 0 Å². The van der Waals surface area contributed by atoms with Gasteiger partial charge in [0.1, 0.15) is 12.1 Å². The lowest BCUT2D eigenvalue weighted by molar-refractivity contribution is -0.131. The van der Waals surface area contributed by atoms with Crippen LogP contribution in [0.4, 0.5) is 5.69 Å². The summed E-state index contributed by atoms with van der Waals surface area (Å²) in [4.78, 5) is 25.8. The molecule has 0 atom stereocenters. The molecule has 2 aromatic rings. The highest BCUT2D eigenvalue weighted by Crippen LogP contribution is 2.27. The van der Waals surface area contributed by atoms with Gasteiger partial charge in [-0.15, -0.1) is 16.8 Å². The zero-order valence-corrected chi connectivity index (χ0v) is 16.6. The first kappa shape index (κ1) is 20.8. The van der Waals surface area contributed by atoms with Crippen LogP contribution in [-0.4, -0.2) is 57.9 Å². The zero-order chi connectivity index (χ0) is 19.8. The molecule has 0 fully saturated rings. The molecule has 0 aliphatic heterocycles. The molecule has 1 aromatic heterocycles. The van der Waals surface area contributed by atoms with Crippen LogP contribution in [0.3, 0.4) is 0 Å². The van der Waals surface area contributed by atoms with Gasteiger partial charge in [-0.2, -0.15) is 0 Å². The van der Waals surface area contributed by atoms with Crippen LogP contribution in [-0.2, 0) is 16.1 Å². The van der Waals surface area contributed by atoms with E-state index in [0.717, 1.165) is 0 Å². The number of hydrogen-bond acceptors (Lipinski definition) is 6. The number of benzene rings is 1. The lowest BCUT2D eigenvalue weighted by Gasteiger charge is -2.17. The number of rotatable bonds is 9. The molecule has 2 amide bonds. The molecule has 1 heterocycles. The molecule has 0 radical (unpaired) electrons. The summed E-state index contributed by atoms with van der Waals surface area (Å²) in [5.41, 5.74) is 0.447. The van der Waals surface area contributed by atoms with Gasteiger partial charge in [0.05, 0.1) is 25.1 Å². The molecule has 0 unspecified atom stereocenters. The van der Waals surface area contributed by atoms with E-state index in [1.807, 2.05) is 0 Å². The molecule has 2 rings (SSSR count). The molecule has 0 spiro atoms. The maximum absolute atomic E-state index is 12.3. The fourth-order valence-corrected chi connectivity index (χ4v) is 3.17. The maximum atomic E-state index is 12.3. The third-order valence-corrected chi connectivity index (χ3v) is 4.67. The number of methoxy groups -OCH3 is 1. The van der Waals surface area contributed by atoms with E-state index < -0.39 is 0 Å². The first-order valence-corrected chi connectivity index (χ1v) is 9.29. The van der Waals surface area contributed by atoms with E-state index in [1.54, 1.807) is 42.2 Å². The average molecular weight is 410 g/mol. The van der Waals surface area contributed by atoms with Gasteiger partial charge in [0, 0.05) is 18.6 Å². The number of allylic oxidation sites excluding steroid dienone is 1. The molecule has 1 N–H and O–H groups in total. The second kappa shape index (κ2) is 9.98. The second-order valence-electron chi connectivity index (χ2n) is 5.49. The summed E-state index contributed by atoms with van der Waals surface area (Å²) in [6.07, 6.45) is 3.29. The Morgan fingerprint density at radius 2 is 2.26 bits per heavy atom. The topological polar surface area (TPSA) is 89.4 Å². The van der Waals surface area contributed by atoms with Gasteiger partial charge in [0.15, 0.2) is 5.16 Å². The average Bonchev–Trinajstić information content (AvgIpc) is 3.07. The monoisotopic (exact) mass is 409 g/mol. The van der Waals surface area contributed by atoms with Crippen molar-refractivity contribution in [3.63, 3.8) is 0 Å². The Morgan fingerprint density at radius 1 is 1.48 bits per heavy atom. The van der Waals surface area contributed by atoms with Gasteiger partial charge in [0.2, 0.25) is 11.8 Å². The Kier molecular flexibility index (Phi) is 7.68. The zero-order valence-electron chi connectivity index (χ0n) is 15.0. The molecule has 144 valence electrons. The van der Waals surface area contributed by atoms with Crippen LogP contribution in [0.1, 0.15) is 0 Å². The Bertz CT molecular complexity index is 827. The van der Waals surface area contributed by atoms with Crippen LogP contribution in [0.5, 0.6) is 5.75 Å². The largest absolute Gasteiger partial charge is 0.495 e. The van der Waals surface area contributed by atoms with Crippen molar-refractivity contribution in [2.24, 2.45) is 0 Å². The molecule has 0 saturated carbocycles. The summed E-state index contributed by atoms with van der Waals surface area (Å²) < 4.78 is 6.97. The van der Waals surface area contributed by atoms with Crippen molar-refractivity contribution >= 4 is 40.9 Å². The third kappa shape index (κ3) is 6.00. The molecule has 27 heavy (non-hydrogen) atoms. The van der Waals surface area contributed by atoms with Crippen molar-refractivity contribution in [1.29, 1.82) is 0 Å². The quantitative estimate of drug-likeness (QED) is 0.505. The number of aromatic nitrogens is 3. The number of thioether (sulfide) groups is 1. The number of anilines is 1. The highest BCUT2D eigenvalue weighted by atomic mass is 35.5. The van der Waals surface area contributed by atoms with E-state index in [4.69, 9.17) is 16.3 Å². The Balaban J connectivity index is 1.88. The molecule has 8 nitrogen and oxygen atoms in total. The fourth-order valence-electron chi connectivity index (χ4n) is 2.13. The molecular formula is C17H20ClN5O3S. The van der Waals surface area contributed by atoms with Crippen LogP contribution in [0.2, 0.25) is 5.02 Å². The number of hydrogen-bond donors (Lipinski definition) is 1. The van der Waals surface area contributed by atoms with Crippen molar-refractivity contribution < 1.29 is 14.3 Å². The number of nitrogens with one attached hydrogen (secondary N) is 1. The third-order valence-electron chi connectivity index (χ3n) is 3.47. The van der Waals surface area contributed by atoms with Crippen molar-refractivity contribution in [2.75, 3.05) is 31.8 Å². The highest BCUT2D eigenvalue weighted by molar-refractivity contribution is 7.99. The van der Waals surface area contributed by atoms with Gasteiger partial charge >= 0.3 is 0 Å². The minimum Gasteiger partial charge on any atom is -0.495 e. The number of nitrogens with zero attached hydrogens (tertiary/aromatic N) is 4. The molecule has 1 aromatic carbocycles. The molecular weight excluding hydrogens is 390 g/mol. The molecule has 0 saturated heterocycles. The Hall–Kier alpha value is -2.52. The van der Waals surface area contributed by atoms with Crippen LogP contribution >= 0.6 is 23.4 Å². The van der Waals surface area contributed by atoms with Gasteiger partial charge in [-0.3, -0.25) is 9.59 Å². The number of halogens is 1. The van der Waals surface area contributed by atoms with Crippen LogP contribution in [0.25, 0.3) is 0 Å². The first-order valence-electron chi connectivity index (χ1n) is 7.93. The summed E-state index contributed by atoms with van der Waals surface area (Å²) in [5, 5.41) is 11.6. The maximum Gasteiger partial charge on any atom is 0.244 e. The minimum atomic E-state index is -0.355. The Morgan fingerprint density at radius 3 is 2.96 bits per heavy atom. The van der Waals surface area contributed by atoms with Gasteiger partial charge in [-0.25, -0.2) is 0 Å². The standard InChI is InChI=1S/C17H20ClN5O3S/c1-4-7-23-11-19-21-17(23)27-10-16(25)22(2)9-15(24)20-13-8-12(18)5-6-14(13)26-3/h4-6,8,11H,1,7,9-10H2,2-3H3,(H,20,24). The number of carbonyl (C=O) groups excluding carboxylic acids is 2. The molecule has 10 heteroatoms. The first-order chi connectivity index (χ1) is 12.9. The van der Waals surface area contributed by atoms with Crippen molar-refractivity contribution in [1.82, 2.24) is 19.7 Å². The number of likely N-dealkylation sites (N-methyl/N-ethyl adjacent to an activating group) is 1. The SMILES string of the molecule is C=CCn1cnnc1SCC(=O)N(C)CC(=O)Nc1cc(Cl)ccc1OC. The lowest BCUT2D eigenvalue weighted by Crippen LogP contribution is -2.36. The van der Waals surface area contributed by atoms with E-state index in [-0.39, 0.29) is 24.1 Å².